The fraction of sp³-hybridized carbons (Fsp3) is 0.294. The first-order valence-corrected chi connectivity index (χ1v) is 8.24. The third-order valence-corrected chi connectivity index (χ3v) is 3.61. The second-order valence-electron chi connectivity index (χ2n) is 5.67. The van der Waals surface area contributed by atoms with Gasteiger partial charge in [0, 0.05) is 0 Å². The van der Waals surface area contributed by atoms with E-state index in [2.05, 4.69) is 20.5 Å². The SMILES string of the molecule is NCCCC[C@H](N)C(=O)Nc1ccc(/N=N/c2ccccc2O)c(N)n1. The zero-order valence-corrected chi connectivity index (χ0v) is 14.3. The molecule has 0 aliphatic carbocycles. The van der Waals surface area contributed by atoms with Crippen LogP contribution in [0.15, 0.2) is 46.6 Å². The van der Waals surface area contributed by atoms with E-state index in [-0.39, 0.29) is 23.3 Å². The van der Waals surface area contributed by atoms with Crippen molar-refractivity contribution in [1.29, 1.82) is 0 Å². The quantitative estimate of drug-likeness (QED) is 0.359. The first kappa shape index (κ1) is 19.3. The number of rotatable bonds is 8. The van der Waals surface area contributed by atoms with Crippen molar-refractivity contribution in [1.82, 2.24) is 4.98 Å². The summed E-state index contributed by atoms with van der Waals surface area (Å²) in [5, 5.41) is 20.2. The zero-order chi connectivity index (χ0) is 18.9. The molecule has 0 saturated carbocycles. The third kappa shape index (κ3) is 5.50. The standard InChI is InChI=1S/C17H23N7O2/c18-10-4-3-5-11(19)17(26)22-15-9-8-13(16(20)21-15)24-23-12-6-1-2-7-14(12)25/h1-2,6-9,11,25H,3-5,10,18-19H2,(H3,20,21,22,26)/b24-23+/t11-/m0/s1. The van der Waals surface area contributed by atoms with E-state index in [0.29, 0.717) is 24.3 Å². The van der Waals surface area contributed by atoms with Crippen molar-refractivity contribution >= 4 is 28.9 Å². The highest BCUT2D eigenvalue weighted by molar-refractivity contribution is 5.94. The van der Waals surface area contributed by atoms with Gasteiger partial charge in [0.05, 0.1) is 6.04 Å². The van der Waals surface area contributed by atoms with Gasteiger partial charge in [0.2, 0.25) is 5.91 Å². The van der Waals surface area contributed by atoms with Crippen LogP contribution in [-0.2, 0) is 4.79 Å². The summed E-state index contributed by atoms with van der Waals surface area (Å²) in [4.78, 5) is 16.1. The molecule has 0 unspecified atom stereocenters. The van der Waals surface area contributed by atoms with E-state index in [4.69, 9.17) is 17.2 Å². The van der Waals surface area contributed by atoms with Crippen molar-refractivity contribution in [2.75, 3.05) is 17.6 Å². The van der Waals surface area contributed by atoms with Gasteiger partial charge in [-0.2, -0.15) is 0 Å². The number of carbonyl (C=O) groups excluding carboxylic acids is 1. The highest BCUT2D eigenvalue weighted by Crippen LogP contribution is 2.29. The van der Waals surface area contributed by atoms with Gasteiger partial charge >= 0.3 is 0 Å². The van der Waals surface area contributed by atoms with Crippen LogP contribution >= 0.6 is 0 Å². The third-order valence-electron chi connectivity index (χ3n) is 3.61. The maximum absolute atomic E-state index is 12.0. The molecule has 0 aliphatic heterocycles. The lowest BCUT2D eigenvalue weighted by molar-refractivity contribution is -0.117. The first-order chi connectivity index (χ1) is 12.5. The molecule has 2 rings (SSSR count). The summed E-state index contributed by atoms with van der Waals surface area (Å²) in [6, 6.07) is 9.02. The number of benzene rings is 1. The first-order valence-electron chi connectivity index (χ1n) is 8.24. The summed E-state index contributed by atoms with van der Waals surface area (Å²) in [6.45, 7) is 0.573. The van der Waals surface area contributed by atoms with E-state index in [1.165, 1.54) is 6.07 Å². The Morgan fingerprint density at radius 1 is 1.15 bits per heavy atom. The molecule has 1 aromatic carbocycles. The van der Waals surface area contributed by atoms with Crippen molar-refractivity contribution in [3.8, 4) is 5.75 Å². The summed E-state index contributed by atoms with van der Waals surface area (Å²) in [6.07, 6.45) is 2.15. The molecular weight excluding hydrogens is 334 g/mol. The molecule has 0 fully saturated rings. The van der Waals surface area contributed by atoms with E-state index in [1.807, 2.05) is 0 Å². The lowest BCUT2D eigenvalue weighted by atomic mass is 10.1. The number of hydrogen-bond donors (Lipinski definition) is 5. The van der Waals surface area contributed by atoms with Gasteiger partial charge in [-0.1, -0.05) is 18.6 Å². The van der Waals surface area contributed by atoms with Crippen molar-refractivity contribution in [3.63, 3.8) is 0 Å². The average Bonchev–Trinajstić information content (AvgIpc) is 2.62. The van der Waals surface area contributed by atoms with Crippen LogP contribution in [-0.4, -0.2) is 28.6 Å². The second-order valence-corrected chi connectivity index (χ2v) is 5.67. The number of nitrogens with zero attached hydrogens (tertiary/aromatic N) is 3. The molecule has 0 radical (unpaired) electrons. The maximum atomic E-state index is 12.0. The number of nitrogens with one attached hydrogen (secondary N) is 1. The molecule has 1 amide bonds. The number of anilines is 2. The molecule has 2 aromatic rings. The van der Waals surface area contributed by atoms with Crippen molar-refractivity contribution in [2.45, 2.75) is 25.3 Å². The van der Waals surface area contributed by atoms with Crippen LogP contribution in [0.5, 0.6) is 5.75 Å². The Kier molecular flexibility index (Phi) is 7.01. The van der Waals surface area contributed by atoms with E-state index in [1.54, 1.807) is 30.3 Å². The Labute approximate surface area is 151 Å². The highest BCUT2D eigenvalue weighted by atomic mass is 16.3. The van der Waals surface area contributed by atoms with Crippen LogP contribution in [0.25, 0.3) is 0 Å². The molecule has 8 N–H and O–H groups in total. The van der Waals surface area contributed by atoms with Crippen LogP contribution in [0, 0.1) is 0 Å². The molecule has 0 saturated heterocycles. The van der Waals surface area contributed by atoms with Crippen molar-refractivity contribution in [3.05, 3.63) is 36.4 Å². The number of nitrogens with two attached hydrogens (primary N) is 3. The molecule has 138 valence electrons. The van der Waals surface area contributed by atoms with E-state index in [9.17, 15) is 9.90 Å². The molecule has 9 heteroatoms. The van der Waals surface area contributed by atoms with Crippen LogP contribution in [0.3, 0.4) is 0 Å². The van der Waals surface area contributed by atoms with Crippen LogP contribution in [0.1, 0.15) is 19.3 Å². The number of hydrogen-bond acceptors (Lipinski definition) is 8. The number of unbranched alkanes of at least 4 members (excludes halogenated alkanes) is 1. The smallest absolute Gasteiger partial charge is 0.242 e. The molecule has 1 aromatic heterocycles. The van der Waals surface area contributed by atoms with E-state index in [0.717, 1.165) is 12.8 Å². The molecular formula is C17H23N7O2. The summed E-state index contributed by atoms with van der Waals surface area (Å²) in [5.74, 6) is 0.0507. The summed E-state index contributed by atoms with van der Waals surface area (Å²) >= 11 is 0. The molecule has 1 atom stereocenters. The predicted molar refractivity (Wildman–Crippen MR) is 100 cm³/mol. The number of para-hydroxylation sites is 1. The predicted octanol–water partition coefficient (Wildman–Crippen LogP) is 2.18. The van der Waals surface area contributed by atoms with Crippen LogP contribution in [0.4, 0.5) is 23.0 Å². The molecule has 0 aliphatic rings. The zero-order valence-electron chi connectivity index (χ0n) is 14.3. The Morgan fingerprint density at radius 2 is 1.88 bits per heavy atom. The molecule has 1 heterocycles. The van der Waals surface area contributed by atoms with Gasteiger partial charge in [-0.3, -0.25) is 4.79 Å². The number of amides is 1. The monoisotopic (exact) mass is 357 g/mol. The fourth-order valence-electron chi connectivity index (χ4n) is 2.14. The number of phenols is 1. The Balaban J connectivity index is 2.00. The average molecular weight is 357 g/mol. The maximum Gasteiger partial charge on any atom is 0.242 e. The molecule has 0 spiro atoms. The number of aromatic hydroxyl groups is 1. The van der Waals surface area contributed by atoms with Crippen molar-refractivity contribution < 1.29 is 9.90 Å². The minimum Gasteiger partial charge on any atom is -0.506 e. The Hall–Kier alpha value is -3.04. The number of pyridine rings is 1. The van der Waals surface area contributed by atoms with Gasteiger partial charge in [0.1, 0.15) is 22.9 Å². The van der Waals surface area contributed by atoms with E-state index < -0.39 is 6.04 Å². The van der Waals surface area contributed by atoms with E-state index >= 15 is 0 Å². The van der Waals surface area contributed by atoms with Crippen LogP contribution in [0.2, 0.25) is 0 Å². The Bertz CT molecular complexity index is 779. The van der Waals surface area contributed by atoms with Gasteiger partial charge < -0.3 is 27.6 Å². The minimum absolute atomic E-state index is 0.00953. The molecule has 26 heavy (non-hydrogen) atoms. The van der Waals surface area contributed by atoms with Gasteiger partial charge in [0.25, 0.3) is 0 Å². The lowest BCUT2D eigenvalue weighted by Gasteiger charge is -2.12. The number of aromatic nitrogens is 1. The topological polar surface area (TPSA) is 165 Å². The summed E-state index contributed by atoms with van der Waals surface area (Å²) in [5.41, 5.74) is 17.7. The fourth-order valence-corrected chi connectivity index (χ4v) is 2.14. The van der Waals surface area contributed by atoms with Crippen LogP contribution < -0.4 is 22.5 Å². The number of azo groups is 1. The second kappa shape index (κ2) is 9.44. The lowest BCUT2D eigenvalue weighted by Crippen LogP contribution is -2.35. The summed E-state index contributed by atoms with van der Waals surface area (Å²) < 4.78 is 0. The van der Waals surface area contributed by atoms with Gasteiger partial charge in [-0.25, -0.2) is 4.98 Å². The number of carbonyl (C=O) groups is 1. The normalized spacial score (nSPS) is 12.2. The number of phenolic OH excluding ortho intramolecular Hbond substituents is 1. The Morgan fingerprint density at radius 3 is 2.58 bits per heavy atom. The largest absolute Gasteiger partial charge is 0.506 e. The molecule has 0 bridgehead atoms. The van der Waals surface area contributed by atoms with Crippen molar-refractivity contribution in [2.24, 2.45) is 21.7 Å². The van der Waals surface area contributed by atoms with Gasteiger partial charge in [-0.15, -0.1) is 10.2 Å². The highest BCUT2D eigenvalue weighted by Gasteiger charge is 2.14. The molecule has 9 nitrogen and oxygen atoms in total. The minimum atomic E-state index is -0.634. The van der Waals surface area contributed by atoms with Gasteiger partial charge in [0.15, 0.2) is 5.82 Å². The number of nitrogen functional groups attached to an aromatic ring is 1. The van der Waals surface area contributed by atoms with Gasteiger partial charge in [-0.05, 0) is 43.7 Å². The summed E-state index contributed by atoms with van der Waals surface area (Å²) in [7, 11) is 0.